The van der Waals surface area contributed by atoms with Gasteiger partial charge in [0.1, 0.15) is 0 Å². The van der Waals surface area contributed by atoms with Crippen LogP contribution in [-0.2, 0) is 0 Å². The normalized spacial score (nSPS) is 10.4. The van der Waals surface area contributed by atoms with Gasteiger partial charge in [-0.2, -0.15) is 0 Å². The van der Waals surface area contributed by atoms with Crippen molar-refractivity contribution in [3.8, 4) is 0 Å². The van der Waals surface area contributed by atoms with Gasteiger partial charge in [0.15, 0.2) is 0 Å². The van der Waals surface area contributed by atoms with Gasteiger partial charge in [-0.1, -0.05) is 12.1 Å². The number of hydrogen-bond acceptors (Lipinski definition) is 3. The monoisotopic (exact) mass is 185 g/mol. The fourth-order valence-corrected chi connectivity index (χ4v) is 1.27. The van der Waals surface area contributed by atoms with Crippen LogP contribution in [0.3, 0.4) is 0 Å². The highest BCUT2D eigenvalue weighted by atomic mass is 14.8. The minimum atomic E-state index is -0.239. The summed E-state index contributed by atoms with van der Waals surface area (Å²) in [5.41, 5.74) is 7.67. The van der Waals surface area contributed by atoms with E-state index in [1.807, 2.05) is 36.4 Å². The zero-order chi connectivity index (χ0) is 9.80. The summed E-state index contributed by atoms with van der Waals surface area (Å²) < 4.78 is 0. The number of nitrogens with two attached hydrogens (primary N) is 1. The lowest BCUT2D eigenvalue weighted by Crippen LogP contribution is -2.14. The molecule has 0 unspecified atom stereocenters. The third kappa shape index (κ3) is 1.78. The number of hydrogen-bond donors (Lipinski definition) is 1. The Morgan fingerprint density at radius 2 is 1.36 bits per heavy atom. The van der Waals surface area contributed by atoms with Gasteiger partial charge in [0.25, 0.3) is 0 Å². The summed E-state index contributed by atoms with van der Waals surface area (Å²) in [4.78, 5) is 8.38. The van der Waals surface area contributed by atoms with Gasteiger partial charge >= 0.3 is 0 Å². The summed E-state index contributed by atoms with van der Waals surface area (Å²) in [5, 5.41) is 0. The van der Waals surface area contributed by atoms with Crippen LogP contribution in [0.15, 0.2) is 48.8 Å². The number of aromatic nitrogens is 2. The van der Waals surface area contributed by atoms with Gasteiger partial charge in [-0.15, -0.1) is 0 Å². The molecule has 0 saturated carbocycles. The van der Waals surface area contributed by atoms with Crippen LogP contribution in [0, 0.1) is 0 Å². The third-order valence-corrected chi connectivity index (χ3v) is 2.01. The second-order valence-electron chi connectivity index (χ2n) is 2.99. The van der Waals surface area contributed by atoms with Crippen molar-refractivity contribution < 1.29 is 0 Å². The summed E-state index contributed by atoms with van der Waals surface area (Å²) in [7, 11) is 0. The topological polar surface area (TPSA) is 51.8 Å². The highest BCUT2D eigenvalue weighted by Crippen LogP contribution is 2.13. The molecule has 3 nitrogen and oxygen atoms in total. The van der Waals surface area contributed by atoms with Crippen molar-refractivity contribution in [3.63, 3.8) is 0 Å². The minimum absolute atomic E-state index is 0.239. The lowest BCUT2D eigenvalue weighted by Gasteiger charge is -2.09. The molecule has 0 bridgehead atoms. The Morgan fingerprint density at radius 3 is 1.71 bits per heavy atom. The third-order valence-electron chi connectivity index (χ3n) is 2.01. The Morgan fingerprint density at radius 1 is 0.857 bits per heavy atom. The Kier molecular flexibility index (Phi) is 2.51. The van der Waals surface area contributed by atoms with Crippen molar-refractivity contribution >= 4 is 0 Å². The summed E-state index contributed by atoms with van der Waals surface area (Å²) >= 11 is 0. The summed E-state index contributed by atoms with van der Waals surface area (Å²) in [6.07, 6.45) is 3.47. The molecule has 2 N–H and O–H groups in total. The first kappa shape index (κ1) is 8.84. The Labute approximate surface area is 82.6 Å². The summed E-state index contributed by atoms with van der Waals surface area (Å²) in [6, 6.07) is 11.1. The van der Waals surface area contributed by atoms with Crippen LogP contribution < -0.4 is 5.73 Å². The van der Waals surface area contributed by atoms with E-state index < -0.39 is 0 Å². The van der Waals surface area contributed by atoms with Crippen molar-refractivity contribution in [2.75, 3.05) is 0 Å². The summed E-state index contributed by atoms with van der Waals surface area (Å²) in [5.74, 6) is 0. The van der Waals surface area contributed by atoms with Gasteiger partial charge in [0.2, 0.25) is 0 Å². The van der Waals surface area contributed by atoms with Crippen LogP contribution in [0.1, 0.15) is 17.4 Å². The zero-order valence-electron chi connectivity index (χ0n) is 7.67. The zero-order valence-corrected chi connectivity index (χ0v) is 7.67. The van der Waals surface area contributed by atoms with E-state index in [1.54, 1.807) is 12.4 Å². The molecule has 0 aliphatic rings. The van der Waals surface area contributed by atoms with Crippen molar-refractivity contribution in [2.45, 2.75) is 6.04 Å². The number of pyridine rings is 2. The molecule has 0 fully saturated rings. The molecule has 2 rings (SSSR count). The second-order valence-corrected chi connectivity index (χ2v) is 2.99. The predicted molar refractivity (Wildman–Crippen MR) is 54.5 cm³/mol. The second kappa shape index (κ2) is 3.98. The van der Waals surface area contributed by atoms with E-state index in [4.69, 9.17) is 5.73 Å². The molecule has 0 aliphatic carbocycles. The van der Waals surface area contributed by atoms with Crippen molar-refractivity contribution in [1.29, 1.82) is 0 Å². The van der Waals surface area contributed by atoms with Gasteiger partial charge < -0.3 is 5.73 Å². The Balaban J connectivity index is 2.30. The van der Waals surface area contributed by atoms with Crippen molar-refractivity contribution in [1.82, 2.24) is 9.97 Å². The Bertz CT molecular complexity index is 346. The number of nitrogens with zero attached hydrogens (tertiary/aromatic N) is 2. The van der Waals surface area contributed by atoms with E-state index in [0.29, 0.717) is 0 Å². The SMILES string of the molecule is NC(c1ccccn1)c1ccccn1. The molecule has 2 aromatic heterocycles. The van der Waals surface area contributed by atoms with E-state index >= 15 is 0 Å². The van der Waals surface area contributed by atoms with Crippen LogP contribution in [-0.4, -0.2) is 9.97 Å². The first-order chi connectivity index (χ1) is 6.88. The number of rotatable bonds is 2. The molecular formula is C11H11N3. The maximum atomic E-state index is 5.99. The molecule has 0 saturated heterocycles. The van der Waals surface area contributed by atoms with Gasteiger partial charge in [0, 0.05) is 12.4 Å². The van der Waals surface area contributed by atoms with Gasteiger partial charge in [-0.05, 0) is 24.3 Å². The van der Waals surface area contributed by atoms with E-state index in [-0.39, 0.29) is 6.04 Å². The summed E-state index contributed by atoms with van der Waals surface area (Å²) in [6.45, 7) is 0. The Hall–Kier alpha value is -1.74. The standard InChI is InChI=1S/C11H11N3/c12-11(9-5-1-3-7-13-9)10-6-2-4-8-14-10/h1-8,11H,12H2. The highest BCUT2D eigenvalue weighted by molar-refractivity contribution is 5.20. The highest BCUT2D eigenvalue weighted by Gasteiger charge is 2.09. The maximum absolute atomic E-state index is 5.99. The quantitative estimate of drug-likeness (QED) is 0.771. The van der Waals surface area contributed by atoms with Gasteiger partial charge in [0.05, 0.1) is 17.4 Å². The molecule has 14 heavy (non-hydrogen) atoms. The first-order valence-corrected chi connectivity index (χ1v) is 4.45. The lowest BCUT2D eigenvalue weighted by atomic mass is 10.1. The largest absolute Gasteiger partial charge is 0.318 e. The molecule has 3 heteroatoms. The lowest BCUT2D eigenvalue weighted by molar-refractivity contribution is 0.794. The molecule has 0 radical (unpaired) electrons. The molecule has 0 amide bonds. The van der Waals surface area contributed by atoms with Gasteiger partial charge in [-0.3, -0.25) is 9.97 Å². The molecule has 0 atom stereocenters. The smallest absolute Gasteiger partial charge is 0.0900 e. The molecule has 2 heterocycles. The van der Waals surface area contributed by atoms with Gasteiger partial charge in [-0.25, -0.2) is 0 Å². The minimum Gasteiger partial charge on any atom is -0.318 e. The maximum Gasteiger partial charge on any atom is 0.0900 e. The fourth-order valence-electron chi connectivity index (χ4n) is 1.27. The molecule has 0 aliphatic heterocycles. The predicted octanol–water partition coefficient (Wildman–Crippen LogP) is 1.52. The van der Waals surface area contributed by atoms with Crippen molar-refractivity contribution in [3.05, 3.63) is 60.2 Å². The molecule has 2 aromatic rings. The van der Waals surface area contributed by atoms with Crippen LogP contribution in [0.2, 0.25) is 0 Å². The van der Waals surface area contributed by atoms with Crippen LogP contribution >= 0.6 is 0 Å². The van der Waals surface area contributed by atoms with E-state index in [0.717, 1.165) is 11.4 Å². The van der Waals surface area contributed by atoms with Crippen LogP contribution in [0.5, 0.6) is 0 Å². The van der Waals surface area contributed by atoms with E-state index in [1.165, 1.54) is 0 Å². The first-order valence-electron chi connectivity index (χ1n) is 4.45. The van der Waals surface area contributed by atoms with E-state index in [2.05, 4.69) is 9.97 Å². The molecule has 0 spiro atoms. The average Bonchev–Trinajstić information content (AvgIpc) is 2.30. The van der Waals surface area contributed by atoms with Crippen LogP contribution in [0.4, 0.5) is 0 Å². The average molecular weight is 185 g/mol. The molecule has 0 aromatic carbocycles. The van der Waals surface area contributed by atoms with Crippen LogP contribution in [0.25, 0.3) is 0 Å². The van der Waals surface area contributed by atoms with Crippen molar-refractivity contribution in [2.24, 2.45) is 5.73 Å². The van der Waals surface area contributed by atoms with E-state index in [9.17, 15) is 0 Å². The fraction of sp³-hybridized carbons (Fsp3) is 0.0909. The molecular weight excluding hydrogens is 174 g/mol. The molecule has 70 valence electrons.